The summed E-state index contributed by atoms with van der Waals surface area (Å²) in [5.74, 6) is 2.63. The first-order valence-corrected chi connectivity index (χ1v) is 10.6. The second-order valence-corrected chi connectivity index (χ2v) is 8.19. The molecule has 2 fully saturated rings. The van der Waals surface area contributed by atoms with Crippen molar-refractivity contribution in [1.29, 1.82) is 0 Å². The summed E-state index contributed by atoms with van der Waals surface area (Å²) < 4.78 is 0. The fraction of sp³-hybridized carbons (Fsp3) is 0.714. The van der Waals surface area contributed by atoms with Gasteiger partial charge < -0.3 is 15.5 Å². The molecule has 6 heteroatoms. The van der Waals surface area contributed by atoms with Crippen molar-refractivity contribution < 1.29 is 0 Å². The molecule has 27 heavy (non-hydrogen) atoms. The predicted octanol–water partition coefficient (Wildman–Crippen LogP) is 2.47. The Kier molecular flexibility index (Phi) is 6.94. The molecule has 0 amide bonds. The van der Waals surface area contributed by atoms with Crippen molar-refractivity contribution in [2.75, 3.05) is 37.6 Å². The minimum atomic E-state index is 0.447. The molecule has 6 nitrogen and oxygen atoms in total. The number of anilines is 1. The lowest BCUT2D eigenvalue weighted by Crippen LogP contribution is -2.46. The van der Waals surface area contributed by atoms with Gasteiger partial charge in [0, 0.05) is 51.0 Å². The molecule has 3 rings (SSSR count). The monoisotopic (exact) mass is 372 g/mol. The average Bonchev–Trinajstić information content (AvgIpc) is 3.31. The Morgan fingerprint density at radius 3 is 2.74 bits per heavy atom. The molecule has 2 N–H and O–H groups in total. The maximum atomic E-state index is 4.85. The van der Waals surface area contributed by atoms with Crippen molar-refractivity contribution in [3.63, 3.8) is 0 Å². The van der Waals surface area contributed by atoms with Crippen LogP contribution >= 0.6 is 0 Å². The number of guanidine groups is 1. The van der Waals surface area contributed by atoms with Crippen LogP contribution in [0.4, 0.5) is 5.82 Å². The molecule has 0 saturated carbocycles. The van der Waals surface area contributed by atoms with Crippen LogP contribution in [0.3, 0.4) is 0 Å². The molecule has 2 unspecified atom stereocenters. The first kappa shape index (κ1) is 19.9. The molecule has 0 spiro atoms. The van der Waals surface area contributed by atoms with Crippen LogP contribution in [0, 0.1) is 5.92 Å². The summed E-state index contributed by atoms with van der Waals surface area (Å²) in [5, 5.41) is 7.07. The van der Waals surface area contributed by atoms with Gasteiger partial charge in [-0.3, -0.25) is 4.90 Å². The SMILES string of the molecule is CCNC(=NCc1ccnc(N2CCCC2)c1)NC1CN(C(C)C)CC1C. The number of rotatable bonds is 6. The lowest BCUT2D eigenvalue weighted by atomic mass is 10.1. The Morgan fingerprint density at radius 2 is 2.07 bits per heavy atom. The molecule has 0 aromatic carbocycles. The minimum absolute atomic E-state index is 0.447. The van der Waals surface area contributed by atoms with Gasteiger partial charge in [-0.25, -0.2) is 9.98 Å². The number of likely N-dealkylation sites (tertiary alicyclic amines) is 1. The number of aliphatic imine (C=N–C) groups is 1. The molecule has 1 aromatic heterocycles. The normalized spacial score (nSPS) is 24.0. The van der Waals surface area contributed by atoms with Crippen molar-refractivity contribution in [2.45, 2.75) is 59.2 Å². The van der Waals surface area contributed by atoms with Crippen LogP contribution in [-0.4, -0.2) is 60.7 Å². The van der Waals surface area contributed by atoms with Gasteiger partial charge in [0.2, 0.25) is 0 Å². The molecule has 0 radical (unpaired) electrons. The van der Waals surface area contributed by atoms with Gasteiger partial charge in [-0.15, -0.1) is 0 Å². The second kappa shape index (κ2) is 9.40. The van der Waals surface area contributed by atoms with Crippen molar-refractivity contribution in [2.24, 2.45) is 10.9 Å². The molecule has 3 heterocycles. The van der Waals surface area contributed by atoms with E-state index in [2.05, 4.69) is 65.2 Å². The fourth-order valence-corrected chi connectivity index (χ4v) is 3.96. The van der Waals surface area contributed by atoms with Crippen LogP contribution in [0.1, 0.15) is 46.1 Å². The highest BCUT2D eigenvalue weighted by Crippen LogP contribution is 2.20. The Labute approximate surface area is 164 Å². The van der Waals surface area contributed by atoms with E-state index in [1.54, 1.807) is 0 Å². The second-order valence-electron chi connectivity index (χ2n) is 8.19. The van der Waals surface area contributed by atoms with Crippen LogP contribution in [0.2, 0.25) is 0 Å². The van der Waals surface area contributed by atoms with E-state index in [0.717, 1.165) is 44.5 Å². The van der Waals surface area contributed by atoms with E-state index in [9.17, 15) is 0 Å². The van der Waals surface area contributed by atoms with Crippen molar-refractivity contribution in [3.05, 3.63) is 23.9 Å². The largest absolute Gasteiger partial charge is 0.357 e. The van der Waals surface area contributed by atoms with E-state index in [0.29, 0.717) is 24.5 Å². The first-order valence-electron chi connectivity index (χ1n) is 10.6. The third-order valence-corrected chi connectivity index (χ3v) is 5.70. The van der Waals surface area contributed by atoms with Crippen molar-refractivity contribution >= 4 is 11.8 Å². The van der Waals surface area contributed by atoms with Crippen LogP contribution in [-0.2, 0) is 6.54 Å². The van der Waals surface area contributed by atoms with Crippen LogP contribution in [0.25, 0.3) is 0 Å². The van der Waals surface area contributed by atoms with Crippen molar-refractivity contribution in [3.8, 4) is 0 Å². The molecule has 0 bridgehead atoms. The smallest absolute Gasteiger partial charge is 0.191 e. The maximum Gasteiger partial charge on any atom is 0.191 e. The zero-order valence-corrected chi connectivity index (χ0v) is 17.4. The molecule has 2 atom stereocenters. The van der Waals surface area contributed by atoms with E-state index in [1.165, 1.54) is 18.4 Å². The molecule has 2 aliphatic heterocycles. The number of pyridine rings is 1. The van der Waals surface area contributed by atoms with Gasteiger partial charge in [0.05, 0.1) is 6.54 Å². The quantitative estimate of drug-likeness (QED) is 0.593. The minimum Gasteiger partial charge on any atom is -0.357 e. The molecular weight excluding hydrogens is 336 g/mol. The van der Waals surface area contributed by atoms with Crippen LogP contribution in [0.5, 0.6) is 0 Å². The Hall–Kier alpha value is -1.82. The first-order chi connectivity index (χ1) is 13.1. The van der Waals surface area contributed by atoms with Crippen molar-refractivity contribution in [1.82, 2.24) is 20.5 Å². The number of nitrogens with zero attached hydrogens (tertiary/aromatic N) is 4. The fourth-order valence-electron chi connectivity index (χ4n) is 3.96. The van der Waals surface area contributed by atoms with Crippen LogP contribution in [0.15, 0.2) is 23.3 Å². The average molecular weight is 373 g/mol. The number of aromatic nitrogens is 1. The van der Waals surface area contributed by atoms with E-state index >= 15 is 0 Å². The lowest BCUT2D eigenvalue weighted by Gasteiger charge is -2.22. The highest BCUT2D eigenvalue weighted by Gasteiger charge is 2.31. The summed E-state index contributed by atoms with van der Waals surface area (Å²) in [6.07, 6.45) is 4.45. The summed E-state index contributed by atoms with van der Waals surface area (Å²) in [6.45, 7) is 15.0. The summed E-state index contributed by atoms with van der Waals surface area (Å²) in [5.41, 5.74) is 1.22. The zero-order chi connectivity index (χ0) is 19.2. The Bertz CT molecular complexity index is 623. The maximum absolute atomic E-state index is 4.85. The molecular formula is C21H36N6. The molecule has 1 aromatic rings. The molecule has 2 aliphatic rings. The van der Waals surface area contributed by atoms with Gasteiger partial charge in [-0.1, -0.05) is 6.92 Å². The highest BCUT2D eigenvalue weighted by atomic mass is 15.3. The molecule has 2 saturated heterocycles. The van der Waals surface area contributed by atoms with E-state index < -0.39 is 0 Å². The van der Waals surface area contributed by atoms with Gasteiger partial charge in [0.15, 0.2) is 5.96 Å². The highest BCUT2D eigenvalue weighted by molar-refractivity contribution is 5.80. The summed E-state index contributed by atoms with van der Waals surface area (Å²) in [6, 6.07) is 5.31. The Balaban J connectivity index is 1.63. The van der Waals surface area contributed by atoms with Crippen LogP contribution < -0.4 is 15.5 Å². The van der Waals surface area contributed by atoms with Gasteiger partial charge in [-0.2, -0.15) is 0 Å². The Morgan fingerprint density at radius 1 is 1.30 bits per heavy atom. The van der Waals surface area contributed by atoms with E-state index in [4.69, 9.17) is 4.99 Å². The summed E-state index contributed by atoms with van der Waals surface area (Å²) in [7, 11) is 0. The van der Waals surface area contributed by atoms with Gasteiger partial charge in [0.1, 0.15) is 5.82 Å². The standard InChI is InChI=1S/C21H36N6/c1-5-22-21(25-19-15-27(16(2)3)14-17(19)4)24-13-18-8-9-23-20(12-18)26-10-6-7-11-26/h8-9,12,16-17,19H,5-7,10-11,13-15H2,1-4H3,(H2,22,24,25). The molecule has 150 valence electrons. The lowest BCUT2D eigenvalue weighted by molar-refractivity contribution is 0.265. The topological polar surface area (TPSA) is 55.8 Å². The number of hydrogen-bond acceptors (Lipinski definition) is 4. The van der Waals surface area contributed by atoms with Gasteiger partial charge in [0.25, 0.3) is 0 Å². The third kappa shape index (κ3) is 5.34. The van der Waals surface area contributed by atoms with Gasteiger partial charge >= 0.3 is 0 Å². The summed E-state index contributed by atoms with van der Waals surface area (Å²) >= 11 is 0. The van der Waals surface area contributed by atoms with E-state index in [-0.39, 0.29) is 0 Å². The third-order valence-electron chi connectivity index (χ3n) is 5.70. The molecule has 0 aliphatic carbocycles. The van der Waals surface area contributed by atoms with Gasteiger partial charge in [-0.05, 0) is 57.2 Å². The zero-order valence-electron chi connectivity index (χ0n) is 17.4. The number of hydrogen-bond donors (Lipinski definition) is 2. The van der Waals surface area contributed by atoms with E-state index in [1.807, 2.05) is 6.20 Å². The number of nitrogens with one attached hydrogen (secondary N) is 2. The predicted molar refractivity (Wildman–Crippen MR) is 113 cm³/mol. The summed E-state index contributed by atoms with van der Waals surface area (Å²) in [4.78, 5) is 14.3.